The predicted octanol–water partition coefficient (Wildman–Crippen LogP) is 1.19. The quantitative estimate of drug-likeness (QED) is 0.786. The number of nitrogens with zero attached hydrogens (tertiary/aromatic N) is 2. The average molecular weight is 221 g/mol. The summed E-state index contributed by atoms with van der Waals surface area (Å²) in [6.07, 6.45) is 0. The van der Waals surface area contributed by atoms with E-state index >= 15 is 0 Å². The molecule has 2 N–H and O–H groups in total. The molecule has 88 valence electrons. The third-order valence-corrected chi connectivity index (χ3v) is 3.11. The van der Waals surface area contributed by atoms with Crippen molar-refractivity contribution in [3.05, 3.63) is 18.2 Å². The highest BCUT2D eigenvalue weighted by Gasteiger charge is 2.16. The van der Waals surface area contributed by atoms with Crippen LogP contribution in [-0.2, 0) is 0 Å². The van der Waals surface area contributed by atoms with Crippen LogP contribution in [0, 0.1) is 0 Å². The molecular weight excluding hydrogens is 202 g/mol. The SMILES string of the molecule is CNc1ccc(N2CCN(C)CC2)c(O)c1. The molecule has 0 aliphatic carbocycles. The van der Waals surface area contributed by atoms with Crippen molar-refractivity contribution >= 4 is 11.4 Å². The van der Waals surface area contributed by atoms with Crippen LogP contribution in [0.3, 0.4) is 0 Å². The number of likely N-dealkylation sites (N-methyl/N-ethyl adjacent to an activating group) is 1. The number of hydrogen-bond acceptors (Lipinski definition) is 4. The van der Waals surface area contributed by atoms with Crippen LogP contribution < -0.4 is 10.2 Å². The van der Waals surface area contributed by atoms with Gasteiger partial charge in [0.05, 0.1) is 5.69 Å². The first kappa shape index (κ1) is 11.1. The van der Waals surface area contributed by atoms with Crippen LogP contribution >= 0.6 is 0 Å². The highest BCUT2D eigenvalue weighted by atomic mass is 16.3. The molecule has 4 nitrogen and oxygen atoms in total. The minimum absolute atomic E-state index is 0.358. The summed E-state index contributed by atoms with van der Waals surface area (Å²) in [7, 11) is 3.98. The van der Waals surface area contributed by atoms with Gasteiger partial charge in [0.15, 0.2) is 0 Å². The van der Waals surface area contributed by atoms with Crippen LogP contribution in [0.1, 0.15) is 0 Å². The van der Waals surface area contributed by atoms with E-state index in [4.69, 9.17) is 0 Å². The summed E-state index contributed by atoms with van der Waals surface area (Å²) in [5.74, 6) is 0.358. The Morgan fingerprint density at radius 3 is 2.44 bits per heavy atom. The van der Waals surface area contributed by atoms with Crippen LogP contribution in [0.25, 0.3) is 0 Å². The molecule has 0 radical (unpaired) electrons. The van der Waals surface area contributed by atoms with E-state index in [0.29, 0.717) is 5.75 Å². The van der Waals surface area contributed by atoms with Gasteiger partial charge in [-0.2, -0.15) is 0 Å². The van der Waals surface area contributed by atoms with Crippen LogP contribution in [0.5, 0.6) is 5.75 Å². The molecule has 0 saturated carbocycles. The van der Waals surface area contributed by atoms with Crippen LogP contribution in [-0.4, -0.2) is 50.3 Å². The second-order valence-electron chi connectivity index (χ2n) is 4.24. The van der Waals surface area contributed by atoms with E-state index in [0.717, 1.165) is 37.6 Å². The number of aromatic hydroxyl groups is 1. The van der Waals surface area contributed by atoms with E-state index < -0.39 is 0 Å². The fraction of sp³-hybridized carbons (Fsp3) is 0.500. The van der Waals surface area contributed by atoms with Gasteiger partial charge in [0.2, 0.25) is 0 Å². The molecule has 0 amide bonds. The van der Waals surface area contributed by atoms with Crippen molar-refractivity contribution in [2.75, 3.05) is 50.5 Å². The normalized spacial score (nSPS) is 17.5. The molecule has 0 aromatic heterocycles. The fourth-order valence-corrected chi connectivity index (χ4v) is 1.99. The van der Waals surface area contributed by atoms with E-state index in [-0.39, 0.29) is 0 Å². The van der Waals surface area contributed by atoms with E-state index in [1.165, 1.54) is 0 Å². The number of hydrogen-bond donors (Lipinski definition) is 2. The minimum Gasteiger partial charge on any atom is -0.506 e. The molecule has 1 saturated heterocycles. The van der Waals surface area contributed by atoms with Gasteiger partial charge < -0.3 is 20.2 Å². The Balaban J connectivity index is 2.14. The Morgan fingerprint density at radius 1 is 1.19 bits per heavy atom. The van der Waals surface area contributed by atoms with Crippen molar-refractivity contribution < 1.29 is 5.11 Å². The first-order chi connectivity index (χ1) is 7.70. The van der Waals surface area contributed by atoms with Crippen molar-refractivity contribution in [3.63, 3.8) is 0 Å². The minimum atomic E-state index is 0.358. The molecule has 0 atom stereocenters. The van der Waals surface area contributed by atoms with Gasteiger partial charge in [-0.15, -0.1) is 0 Å². The molecule has 16 heavy (non-hydrogen) atoms. The molecule has 4 heteroatoms. The highest BCUT2D eigenvalue weighted by Crippen LogP contribution is 2.30. The second kappa shape index (κ2) is 4.61. The maximum absolute atomic E-state index is 9.95. The van der Waals surface area contributed by atoms with Crippen molar-refractivity contribution in [3.8, 4) is 5.75 Å². The zero-order valence-electron chi connectivity index (χ0n) is 9.90. The lowest BCUT2D eigenvalue weighted by Crippen LogP contribution is -2.44. The second-order valence-corrected chi connectivity index (χ2v) is 4.24. The Bertz CT molecular complexity index is 359. The molecule has 1 heterocycles. The summed E-state index contributed by atoms with van der Waals surface area (Å²) in [5, 5.41) is 13.0. The van der Waals surface area contributed by atoms with E-state index in [1.807, 2.05) is 19.2 Å². The van der Waals surface area contributed by atoms with Gasteiger partial charge in [-0.3, -0.25) is 0 Å². The molecule has 1 aliphatic heterocycles. The van der Waals surface area contributed by atoms with E-state index in [9.17, 15) is 5.11 Å². The van der Waals surface area contributed by atoms with Gasteiger partial charge in [-0.05, 0) is 19.2 Å². The molecule has 0 spiro atoms. The molecule has 0 bridgehead atoms. The zero-order valence-corrected chi connectivity index (χ0v) is 9.90. The molecule has 1 fully saturated rings. The number of anilines is 2. The standard InChI is InChI=1S/C12H19N3O/c1-13-10-3-4-11(12(16)9-10)15-7-5-14(2)6-8-15/h3-4,9,13,16H,5-8H2,1-2H3. The Morgan fingerprint density at radius 2 is 1.88 bits per heavy atom. The highest BCUT2D eigenvalue weighted by molar-refractivity contribution is 5.64. The van der Waals surface area contributed by atoms with Gasteiger partial charge in [0.1, 0.15) is 5.75 Å². The van der Waals surface area contributed by atoms with Gasteiger partial charge in [0.25, 0.3) is 0 Å². The van der Waals surface area contributed by atoms with Crippen molar-refractivity contribution in [1.82, 2.24) is 4.90 Å². The zero-order chi connectivity index (χ0) is 11.5. The molecular formula is C12H19N3O. The number of phenolic OH excluding ortho intramolecular Hbond substituents is 1. The summed E-state index contributed by atoms with van der Waals surface area (Å²) >= 11 is 0. The predicted molar refractivity (Wildman–Crippen MR) is 67.4 cm³/mol. The third-order valence-electron chi connectivity index (χ3n) is 3.11. The Labute approximate surface area is 96.5 Å². The summed E-state index contributed by atoms with van der Waals surface area (Å²) in [5.41, 5.74) is 1.88. The lowest BCUT2D eigenvalue weighted by Gasteiger charge is -2.34. The van der Waals surface area contributed by atoms with Crippen LogP contribution in [0.15, 0.2) is 18.2 Å². The van der Waals surface area contributed by atoms with Gasteiger partial charge in [-0.25, -0.2) is 0 Å². The first-order valence-electron chi connectivity index (χ1n) is 5.65. The molecule has 1 aromatic rings. The molecule has 0 unspecified atom stereocenters. The number of phenols is 1. The van der Waals surface area contributed by atoms with Crippen molar-refractivity contribution in [2.24, 2.45) is 0 Å². The average Bonchev–Trinajstić information content (AvgIpc) is 2.30. The summed E-state index contributed by atoms with van der Waals surface area (Å²) in [6, 6.07) is 5.74. The van der Waals surface area contributed by atoms with E-state index in [1.54, 1.807) is 6.07 Å². The summed E-state index contributed by atoms with van der Waals surface area (Å²) in [4.78, 5) is 4.53. The maximum atomic E-state index is 9.95. The fourth-order valence-electron chi connectivity index (χ4n) is 1.99. The van der Waals surface area contributed by atoms with Gasteiger partial charge in [0, 0.05) is 45.0 Å². The summed E-state index contributed by atoms with van der Waals surface area (Å²) in [6.45, 7) is 4.05. The Kier molecular flexibility index (Phi) is 3.19. The lowest BCUT2D eigenvalue weighted by atomic mass is 10.2. The number of piperazine rings is 1. The van der Waals surface area contributed by atoms with Crippen molar-refractivity contribution in [2.45, 2.75) is 0 Å². The largest absolute Gasteiger partial charge is 0.506 e. The molecule has 1 aliphatic rings. The number of nitrogens with one attached hydrogen (secondary N) is 1. The van der Waals surface area contributed by atoms with Crippen LogP contribution in [0.4, 0.5) is 11.4 Å². The van der Waals surface area contributed by atoms with Crippen molar-refractivity contribution in [1.29, 1.82) is 0 Å². The number of benzene rings is 1. The summed E-state index contributed by atoms with van der Waals surface area (Å²) < 4.78 is 0. The van der Waals surface area contributed by atoms with Gasteiger partial charge >= 0.3 is 0 Å². The van der Waals surface area contributed by atoms with E-state index in [2.05, 4.69) is 22.2 Å². The smallest absolute Gasteiger partial charge is 0.140 e. The lowest BCUT2D eigenvalue weighted by molar-refractivity contribution is 0.311. The topological polar surface area (TPSA) is 38.7 Å². The first-order valence-corrected chi connectivity index (χ1v) is 5.65. The monoisotopic (exact) mass is 221 g/mol. The third kappa shape index (κ3) is 2.22. The van der Waals surface area contributed by atoms with Crippen LogP contribution in [0.2, 0.25) is 0 Å². The Hall–Kier alpha value is -1.42. The molecule has 1 aromatic carbocycles. The van der Waals surface area contributed by atoms with Gasteiger partial charge in [-0.1, -0.05) is 0 Å². The maximum Gasteiger partial charge on any atom is 0.140 e. The number of rotatable bonds is 2. The molecule has 2 rings (SSSR count).